The summed E-state index contributed by atoms with van der Waals surface area (Å²) in [7, 11) is 0. The standard InChI is InChI=1S/C16H21NO2S/c18-12-16(5-7-19-8-6-16)11-17-9-13-10-20-15-4-2-1-3-14(13)15/h1-4,10,17-18H,5-9,11-12H2. The summed E-state index contributed by atoms with van der Waals surface area (Å²) in [4.78, 5) is 0. The van der Waals surface area contributed by atoms with Gasteiger partial charge in [-0.15, -0.1) is 11.3 Å². The lowest BCUT2D eigenvalue weighted by atomic mass is 9.81. The fourth-order valence-corrected chi connectivity index (χ4v) is 3.79. The van der Waals surface area contributed by atoms with Crippen molar-refractivity contribution in [2.24, 2.45) is 5.41 Å². The Kier molecular flexibility index (Phi) is 4.36. The highest BCUT2D eigenvalue weighted by Crippen LogP contribution is 2.30. The fraction of sp³-hybridized carbons (Fsp3) is 0.500. The van der Waals surface area contributed by atoms with Crippen molar-refractivity contribution in [3.63, 3.8) is 0 Å². The van der Waals surface area contributed by atoms with Crippen LogP contribution in [-0.2, 0) is 11.3 Å². The zero-order chi connectivity index (χ0) is 13.8. The zero-order valence-electron chi connectivity index (χ0n) is 11.6. The second-order valence-electron chi connectivity index (χ2n) is 5.63. The molecule has 1 aromatic carbocycles. The minimum atomic E-state index is 0.00404. The van der Waals surface area contributed by atoms with E-state index in [1.807, 2.05) is 0 Å². The first-order chi connectivity index (χ1) is 9.83. The Morgan fingerprint density at radius 3 is 2.85 bits per heavy atom. The van der Waals surface area contributed by atoms with Gasteiger partial charge in [0, 0.05) is 36.4 Å². The van der Waals surface area contributed by atoms with E-state index in [1.54, 1.807) is 11.3 Å². The van der Waals surface area contributed by atoms with E-state index in [-0.39, 0.29) is 12.0 Å². The first-order valence-electron chi connectivity index (χ1n) is 7.17. The second-order valence-corrected chi connectivity index (χ2v) is 6.54. The average Bonchev–Trinajstić information content (AvgIpc) is 2.92. The van der Waals surface area contributed by atoms with Crippen molar-refractivity contribution < 1.29 is 9.84 Å². The van der Waals surface area contributed by atoms with Crippen LogP contribution >= 0.6 is 11.3 Å². The number of hydrogen-bond donors (Lipinski definition) is 2. The summed E-state index contributed by atoms with van der Waals surface area (Å²) in [6.07, 6.45) is 1.89. The molecule has 0 spiro atoms. The number of hydrogen-bond acceptors (Lipinski definition) is 4. The van der Waals surface area contributed by atoms with Gasteiger partial charge in [0.1, 0.15) is 0 Å². The van der Waals surface area contributed by atoms with Crippen LogP contribution in [0.2, 0.25) is 0 Å². The summed E-state index contributed by atoms with van der Waals surface area (Å²) in [5, 5.41) is 16.8. The van der Waals surface area contributed by atoms with E-state index >= 15 is 0 Å². The van der Waals surface area contributed by atoms with Crippen molar-refractivity contribution in [2.45, 2.75) is 19.4 Å². The Labute approximate surface area is 123 Å². The Morgan fingerprint density at radius 2 is 2.05 bits per heavy atom. The average molecular weight is 291 g/mol. The van der Waals surface area contributed by atoms with Gasteiger partial charge in [0.25, 0.3) is 0 Å². The van der Waals surface area contributed by atoms with Gasteiger partial charge in [-0.1, -0.05) is 18.2 Å². The van der Waals surface area contributed by atoms with Gasteiger partial charge in [0.2, 0.25) is 0 Å². The number of thiophene rings is 1. The number of ether oxygens (including phenoxy) is 1. The fourth-order valence-electron chi connectivity index (χ4n) is 2.83. The van der Waals surface area contributed by atoms with E-state index in [2.05, 4.69) is 35.0 Å². The molecule has 3 nitrogen and oxygen atoms in total. The molecule has 0 radical (unpaired) electrons. The number of aliphatic hydroxyl groups excluding tert-OH is 1. The smallest absolute Gasteiger partial charge is 0.0501 e. The highest BCUT2D eigenvalue weighted by Gasteiger charge is 2.31. The number of aliphatic hydroxyl groups is 1. The maximum absolute atomic E-state index is 9.68. The zero-order valence-corrected chi connectivity index (χ0v) is 12.4. The van der Waals surface area contributed by atoms with Crippen LogP contribution in [0.15, 0.2) is 29.6 Å². The monoisotopic (exact) mass is 291 g/mol. The number of benzene rings is 1. The Hall–Kier alpha value is -0.940. The minimum Gasteiger partial charge on any atom is -0.396 e. The lowest BCUT2D eigenvalue weighted by Crippen LogP contribution is -2.41. The molecule has 0 bridgehead atoms. The topological polar surface area (TPSA) is 41.5 Å². The summed E-state index contributed by atoms with van der Waals surface area (Å²) in [6, 6.07) is 8.52. The molecule has 0 unspecified atom stereocenters. The minimum absolute atomic E-state index is 0.00404. The van der Waals surface area contributed by atoms with E-state index in [9.17, 15) is 5.11 Å². The van der Waals surface area contributed by atoms with Crippen LogP contribution < -0.4 is 5.32 Å². The molecule has 0 saturated carbocycles. The Bertz CT molecular complexity index is 560. The van der Waals surface area contributed by atoms with E-state index in [1.165, 1.54) is 15.6 Å². The molecule has 1 aliphatic rings. The molecule has 0 atom stereocenters. The Balaban J connectivity index is 1.62. The van der Waals surface area contributed by atoms with Crippen LogP contribution in [0.3, 0.4) is 0 Å². The van der Waals surface area contributed by atoms with Gasteiger partial charge >= 0.3 is 0 Å². The molecule has 1 fully saturated rings. The molecule has 2 heterocycles. The Morgan fingerprint density at radius 1 is 1.25 bits per heavy atom. The van der Waals surface area contributed by atoms with E-state index in [0.29, 0.717) is 0 Å². The quantitative estimate of drug-likeness (QED) is 0.890. The van der Waals surface area contributed by atoms with Gasteiger partial charge in [0.05, 0.1) is 6.61 Å². The highest BCUT2D eigenvalue weighted by atomic mass is 32.1. The first kappa shape index (κ1) is 14.0. The van der Waals surface area contributed by atoms with Gasteiger partial charge in [-0.2, -0.15) is 0 Å². The molecule has 2 aromatic rings. The van der Waals surface area contributed by atoms with Crippen molar-refractivity contribution in [1.29, 1.82) is 0 Å². The van der Waals surface area contributed by atoms with Crippen LogP contribution in [0.4, 0.5) is 0 Å². The molecule has 4 heteroatoms. The van der Waals surface area contributed by atoms with Crippen molar-refractivity contribution >= 4 is 21.4 Å². The first-order valence-corrected chi connectivity index (χ1v) is 8.05. The molecule has 2 N–H and O–H groups in total. The molecule has 0 amide bonds. The van der Waals surface area contributed by atoms with Crippen molar-refractivity contribution in [2.75, 3.05) is 26.4 Å². The second kappa shape index (κ2) is 6.22. The van der Waals surface area contributed by atoms with Crippen LogP contribution in [0.25, 0.3) is 10.1 Å². The molecule has 1 saturated heterocycles. The molecule has 20 heavy (non-hydrogen) atoms. The SMILES string of the molecule is OCC1(CNCc2csc3ccccc23)CCOCC1. The molecule has 108 valence electrons. The van der Waals surface area contributed by atoms with Crippen LogP contribution in [0.5, 0.6) is 0 Å². The number of fused-ring (bicyclic) bond motifs is 1. The van der Waals surface area contributed by atoms with Gasteiger partial charge in [-0.3, -0.25) is 0 Å². The summed E-state index contributed by atoms with van der Waals surface area (Å²) in [5.74, 6) is 0. The predicted octanol–water partition coefficient (Wildman–Crippen LogP) is 2.78. The summed E-state index contributed by atoms with van der Waals surface area (Å²) in [5.41, 5.74) is 1.36. The molecule has 1 aromatic heterocycles. The third kappa shape index (κ3) is 2.88. The van der Waals surface area contributed by atoms with Gasteiger partial charge in [-0.05, 0) is 35.2 Å². The van der Waals surface area contributed by atoms with Crippen molar-refractivity contribution in [3.8, 4) is 0 Å². The summed E-state index contributed by atoms with van der Waals surface area (Å²) >= 11 is 1.80. The van der Waals surface area contributed by atoms with Crippen LogP contribution in [-0.4, -0.2) is 31.5 Å². The normalized spacial score (nSPS) is 18.4. The number of rotatable bonds is 5. The van der Waals surface area contributed by atoms with E-state index in [0.717, 1.165) is 39.1 Å². The summed E-state index contributed by atoms with van der Waals surface area (Å²) in [6.45, 7) is 3.50. The molecule has 1 aliphatic heterocycles. The van der Waals surface area contributed by atoms with Crippen LogP contribution in [0.1, 0.15) is 18.4 Å². The maximum atomic E-state index is 9.68. The number of nitrogens with one attached hydrogen (secondary N) is 1. The van der Waals surface area contributed by atoms with E-state index < -0.39 is 0 Å². The third-order valence-corrected chi connectivity index (χ3v) is 5.28. The van der Waals surface area contributed by atoms with Gasteiger partial charge in [0.15, 0.2) is 0 Å². The third-order valence-electron chi connectivity index (χ3n) is 4.27. The summed E-state index contributed by atoms with van der Waals surface area (Å²) < 4.78 is 6.74. The molecular weight excluding hydrogens is 270 g/mol. The van der Waals surface area contributed by atoms with E-state index in [4.69, 9.17) is 4.74 Å². The van der Waals surface area contributed by atoms with Crippen molar-refractivity contribution in [1.82, 2.24) is 5.32 Å². The van der Waals surface area contributed by atoms with Crippen molar-refractivity contribution in [3.05, 3.63) is 35.2 Å². The predicted molar refractivity (Wildman–Crippen MR) is 83.1 cm³/mol. The van der Waals surface area contributed by atoms with Crippen LogP contribution in [0, 0.1) is 5.41 Å². The lowest BCUT2D eigenvalue weighted by Gasteiger charge is -2.35. The highest BCUT2D eigenvalue weighted by molar-refractivity contribution is 7.17. The maximum Gasteiger partial charge on any atom is 0.0501 e. The largest absolute Gasteiger partial charge is 0.396 e. The van der Waals surface area contributed by atoms with Gasteiger partial charge < -0.3 is 15.2 Å². The lowest BCUT2D eigenvalue weighted by molar-refractivity contribution is -0.0154. The molecule has 3 rings (SSSR count). The van der Waals surface area contributed by atoms with Gasteiger partial charge in [-0.25, -0.2) is 0 Å². The molecule has 0 aliphatic carbocycles. The molecular formula is C16H21NO2S.